The van der Waals surface area contributed by atoms with Gasteiger partial charge in [0.2, 0.25) is 6.41 Å². The number of anilines is 1. The summed E-state index contributed by atoms with van der Waals surface area (Å²) in [5, 5.41) is 3.06. The van der Waals surface area contributed by atoms with Crippen molar-refractivity contribution in [1.29, 1.82) is 0 Å². The molecule has 1 amide bonds. The second kappa shape index (κ2) is 4.29. The Hall–Kier alpha value is -1.58. The first-order valence-corrected chi connectivity index (χ1v) is 5.20. The third kappa shape index (κ3) is 1.79. The van der Waals surface area contributed by atoms with Crippen molar-refractivity contribution in [3.63, 3.8) is 0 Å². The van der Waals surface area contributed by atoms with Crippen molar-refractivity contribution in [2.45, 2.75) is 18.9 Å². The fraction of sp³-hybridized carbons (Fsp3) is 0.455. The van der Waals surface area contributed by atoms with E-state index < -0.39 is 0 Å². The van der Waals surface area contributed by atoms with Gasteiger partial charge < -0.3 is 10.2 Å². The summed E-state index contributed by atoms with van der Waals surface area (Å²) in [4.78, 5) is 17.0. The third-order valence-electron chi connectivity index (χ3n) is 2.86. The molecule has 0 unspecified atom stereocenters. The van der Waals surface area contributed by atoms with E-state index in [1.165, 1.54) is 0 Å². The SMILES string of the molecule is CNc1ncccc1[C@@H]1CCCN1C=O. The normalized spacial score (nSPS) is 20.3. The lowest BCUT2D eigenvalue weighted by molar-refractivity contribution is -0.118. The Labute approximate surface area is 89.3 Å². The Kier molecular flexibility index (Phi) is 2.85. The number of hydrogen-bond donors (Lipinski definition) is 1. The molecule has 1 aliphatic rings. The molecule has 2 heterocycles. The smallest absolute Gasteiger partial charge is 0.210 e. The Morgan fingerprint density at radius 1 is 1.67 bits per heavy atom. The van der Waals surface area contributed by atoms with Gasteiger partial charge in [0.15, 0.2) is 0 Å². The maximum atomic E-state index is 10.9. The molecule has 1 aromatic rings. The standard InChI is InChI=1S/C11H15N3O/c1-12-11-9(4-2-6-13-11)10-5-3-7-14(10)8-15/h2,4,6,8,10H,3,5,7H2,1H3,(H,12,13)/t10-/m0/s1. The van der Waals surface area contributed by atoms with Gasteiger partial charge in [-0.25, -0.2) is 4.98 Å². The Balaban J connectivity index is 2.31. The van der Waals surface area contributed by atoms with Crippen LogP contribution in [0.15, 0.2) is 18.3 Å². The summed E-state index contributed by atoms with van der Waals surface area (Å²) in [6.07, 6.45) is 4.79. The predicted molar refractivity (Wildman–Crippen MR) is 58.5 cm³/mol. The van der Waals surface area contributed by atoms with Crippen LogP contribution in [-0.4, -0.2) is 29.9 Å². The number of pyridine rings is 1. The number of hydrogen-bond acceptors (Lipinski definition) is 3. The van der Waals surface area contributed by atoms with Crippen molar-refractivity contribution in [2.24, 2.45) is 0 Å². The molecule has 0 radical (unpaired) electrons. The van der Waals surface area contributed by atoms with Gasteiger partial charge in [-0.2, -0.15) is 0 Å². The van der Waals surface area contributed by atoms with Crippen LogP contribution in [0.1, 0.15) is 24.4 Å². The number of amides is 1. The van der Waals surface area contributed by atoms with Crippen LogP contribution in [0.4, 0.5) is 5.82 Å². The fourth-order valence-electron chi connectivity index (χ4n) is 2.14. The van der Waals surface area contributed by atoms with E-state index in [4.69, 9.17) is 0 Å². The molecule has 1 saturated heterocycles. The highest BCUT2D eigenvalue weighted by atomic mass is 16.1. The van der Waals surface area contributed by atoms with Crippen LogP contribution in [0.25, 0.3) is 0 Å². The third-order valence-corrected chi connectivity index (χ3v) is 2.86. The largest absolute Gasteiger partial charge is 0.373 e. The zero-order valence-corrected chi connectivity index (χ0v) is 8.81. The predicted octanol–water partition coefficient (Wildman–Crippen LogP) is 1.42. The van der Waals surface area contributed by atoms with Gasteiger partial charge in [0.1, 0.15) is 5.82 Å². The molecule has 80 valence electrons. The van der Waals surface area contributed by atoms with Crippen LogP contribution in [0.5, 0.6) is 0 Å². The maximum Gasteiger partial charge on any atom is 0.210 e. The van der Waals surface area contributed by atoms with Gasteiger partial charge in [-0.3, -0.25) is 4.79 Å². The molecule has 0 aliphatic carbocycles. The molecule has 0 saturated carbocycles. The molecule has 2 rings (SSSR count). The topological polar surface area (TPSA) is 45.2 Å². The molecule has 1 atom stereocenters. The first-order chi connectivity index (χ1) is 7.36. The van der Waals surface area contributed by atoms with E-state index in [0.29, 0.717) is 0 Å². The van der Waals surface area contributed by atoms with Gasteiger partial charge >= 0.3 is 0 Å². The van der Waals surface area contributed by atoms with E-state index in [9.17, 15) is 4.79 Å². The highest BCUT2D eigenvalue weighted by Crippen LogP contribution is 2.33. The Morgan fingerprint density at radius 3 is 3.27 bits per heavy atom. The Morgan fingerprint density at radius 2 is 2.53 bits per heavy atom. The molecule has 15 heavy (non-hydrogen) atoms. The van der Waals surface area contributed by atoms with Crippen LogP contribution < -0.4 is 5.32 Å². The second-order valence-corrected chi connectivity index (χ2v) is 3.69. The van der Waals surface area contributed by atoms with Crippen LogP contribution in [-0.2, 0) is 4.79 Å². The van der Waals surface area contributed by atoms with E-state index in [2.05, 4.69) is 10.3 Å². The zero-order valence-electron chi connectivity index (χ0n) is 8.81. The lowest BCUT2D eigenvalue weighted by Gasteiger charge is -2.21. The van der Waals surface area contributed by atoms with E-state index >= 15 is 0 Å². The maximum absolute atomic E-state index is 10.9. The lowest BCUT2D eigenvalue weighted by atomic mass is 10.1. The quantitative estimate of drug-likeness (QED) is 0.759. The summed E-state index contributed by atoms with van der Waals surface area (Å²) in [7, 11) is 1.85. The van der Waals surface area contributed by atoms with Crippen LogP contribution in [0, 0.1) is 0 Å². The molecule has 0 spiro atoms. The molecule has 4 nitrogen and oxygen atoms in total. The average molecular weight is 205 g/mol. The minimum atomic E-state index is 0.193. The van der Waals surface area contributed by atoms with Crippen molar-refractivity contribution < 1.29 is 4.79 Å². The molecular weight excluding hydrogens is 190 g/mol. The first-order valence-electron chi connectivity index (χ1n) is 5.20. The van der Waals surface area contributed by atoms with Gasteiger partial charge in [-0.15, -0.1) is 0 Å². The lowest BCUT2D eigenvalue weighted by Crippen LogP contribution is -2.22. The number of likely N-dealkylation sites (tertiary alicyclic amines) is 1. The highest BCUT2D eigenvalue weighted by molar-refractivity contribution is 5.53. The summed E-state index contributed by atoms with van der Waals surface area (Å²) in [6, 6.07) is 4.14. The molecule has 1 aromatic heterocycles. The number of carbonyl (C=O) groups excluding carboxylic acids is 1. The average Bonchev–Trinajstić information content (AvgIpc) is 2.76. The van der Waals surface area contributed by atoms with Crippen molar-refractivity contribution in [3.8, 4) is 0 Å². The van der Waals surface area contributed by atoms with Gasteiger partial charge in [0, 0.05) is 25.4 Å². The van der Waals surface area contributed by atoms with E-state index in [-0.39, 0.29) is 6.04 Å². The first kappa shape index (κ1) is 9.96. The fourth-order valence-corrected chi connectivity index (χ4v) is 2.14. The van der Waals surface area contributed by atoms with Crippen molar-refractivity contribution in [2.75, 3.05) is 18.9 Å². The van der Waals surface area contributed by atoms with E-state index in [0.717, 1.165) is 37.2 Å². The minimum Gasteiger partial charge on any atom is -0.373 e. The summed E-state index contributed by atoms with van der Waals surface area (Å²) in [5.74, 6) is 0.872. The second-order valence-electron chi connectivity index (χ2n) is 3.69. The Bertz CT molecular complexity index is 353. The van der Waals surface area contributed by atoms with Gasteiger partial charge in [0.05, 0.1) is 6.04 Å². The number of rotatable bonds is 3. The summed E-state index contributed by atoms with van der Waals surface area (Å²) in [5.41, 5.74) is 1.12. The van der Waals surface area contributed by atoms with E-state index in [1.54, 1.807) is 6.20 Å². The van der Waals surface area contributed by atoms with Crippen molar-refractivity contribution in [3.05, 3.63) is 23.9 Å². The molecule has 1 fully saturated rings. The van der Waals surface area contributed by atoms with Crippen molar-refractivity contribution in [1.82, 2.24) is 9.88 Å². The summed E-state index contributed by atoms with van der Waals surface area (Å²) < 4.78 is 0. The summed E-state index contributed by atoms with van der Waals surface area (Å²) >= 11 is 0. The van der Waals surface area contributed by atoms with Crippen LogP contribution >= 0.6 is 0 Å². The van der Waals surface area contributed by atoms with Gasteiger partial charge in [0.25, 0.3) is 0 Å². The van der Waals surface area contributed by atoms with Crippen LogP contribution in [0.2, 0.25) is 0 Å². The molecule has 1 aliphatic heterocycles. The van der Waals surface area contributed by atoms with Gasteiger partial charge in [-0.1, -0.05) is 6.07 Å². The minimum absolute atomic E-state index is 0.193. The molecule has 0 bridgehead atoms. The van der Waals surface area contributed by atoms with Gasteiger partial charge in [-0.05, 0) is 18.9 Å². The summed E-state index contributed by atoms with van der Waals surface area (Å²) in [6.45, 7) is 0.853. The number of nitrogens with zero attached hydrogens (tertiary/aromatic N) is 2. The monoisotopic (exact) mass is 205 g/mol. The zero-order chi connectivity index (χ0) is 10.7. The molecule has 1 N–H and O–H groups in total. The molecule has 4 heteroatoms. The molecule has 0 aromatic carbocycles. The highest BCUT2D eigenvalue weighted by Gasteiger charge is 2.26. The number of nitrogens with one attached hydrogen (secondary N) is 1. The number of aromatic nitrogens is 1. The van der Waals surface area contributed by atoms with Crippen LogP contribution in [0.3, 0.4) is 0 Å². The molecular formula is C11H15N3O. The van der Waals surface area contributed by atoms with E-state index in [1.807, 2.05) is 24.1 Å². The van der Waals surface area contributed by atoms with Crippen molar-refractivity contribution >= 4 is 12.2 Å². The number of carbonyl (C=O) groups is 1.